The number of pyridine rings is 2. The first-order valence-corrected chi connectivity index (χ1v) is 26.7. The first kappa shape index (κ1) is 46.1. The largest absolute Gasteiger partial charge is 0.486 e. The number of aromatic nitrogens is 4. The molecule has 4 heterocycles. The summed E-state index contributed by atoms with van der Waals surface area (Å²) >= 11 is 0. The van der Waals surface area contributed by atoms with Gasteiger partial charge in [-0.05, 0) is 87.6 Å². The van der Waals surface area contributed by atoms with Gasteiger partial charge in [0.2, 0.25) is 5.71 Å². The zero-order valence-corrected chi connectivity index (χ0v) is 42.5. The third-order valence-electron chi connectivity index (χ3n) is 12.9. The van der Waals surface area contributed by atoms with Crippen molar-refractivity contribution in [1.29, 1.82) is 0 Å². The molecule has 65 heavy (non-hydrogen) atoms. The molecule has 0 N–H and O–H groups in total. The summed E-state index contributed by atoms with van der Waals surface area (Å²) in [4.78, 5) is 14.7. The third-order valence-corrected chi connectivity index (χ3v) is 14.9. The van der Waals surface area contributed by atoms with E-state index in [1.807, 2.05) is 24.3 Å². The smallest absolute Gasteiger partial charge is 0.216 e. The summed E-state index contributed by atoms with van der Waals surface area (Å²) in [6.07, 6.45) is 10.5. The van der Waals surface area contributed by atoms with Gasteiger partial charge in [-0.1, -0.05) is 152 Å². The molecule has 10 rings (SSSR count). The van der Waals surface area contributed by atoms with E-state index in [9.17, 15) is 0 Å². The average molecular weight is 1050 g/mol. The molecule has 4 aromatic heterocycles. The fourth-order valence-electron chi connectivity index (χ4n) is 9.40. The van der Waals surface area contributed by atoms with Gasteiger partial charge in [0.25, 0.3) is 0 Å². The van der Waals surface area contributed by atoms with Crippen LogP contribution in [0, 0.1) is 18.1 Å². The molecule has 1 saturated carbocycles. The molecule has 1 fully saturated rings. The van der Waals surface area contributed by atoms with Crippen molar-refractivity contribution in [3.05, 3.63) is 163 Å². The molecular formula is C58H60IrN4OSi-2. The number of imidazole rings is 1. The van der Waals surface area contributed by atoms with Crippen LogP contribution in [0.5, 0.6) is 0 Å². The molecule has 1 radical (unpaired) electrons. The van der Waals surface area contributed by atoms with Crippen LogP contribution in [-0.2, 0) is 31.9 Å². The molecule has 1 aliphatic carbocycles. The molecule has 0 unspecified atom stereocenters. The summed E-state index contributed by atoms with van der Waals surface area (Å²) in [5.41, 5.74) is 13.8. The number of hydrogen-bond donors (Lipinski definition) is 0. The number of rotatable bonds is 8. The first-order chi connectivity index (χ1) is 30.8. The van der Waals surface area contributed by atoms with Crippen LogP contribution in [0.2, 0.25) is 19.6 Å². The maximum atomic E-state index is 6.16. The summed E-state index contributed by atoms with van der Waals surface area (Å²) in [5, 5.41) is 3.57. The van der Waals surface area contributed by atoms with Gasteiger partial charge in [0.05, 0.1) is 30.5 Å². The Bertz CT molecular complexity index is 3060. The minimum absolute atomic E-state index is 0. The van der Waals surface area contributed by atoms with Gasteiger partial charge >= 0.3 is 0 Å². The van der Waals surface area contributed by atoms with Crippen molar-refractivity contribution in [2.75, 3.05) is 0 Å². The molecule has 0 spiro atoms. The van der Waals surface area contributed by atoms with Gasteiger partial charge in [-0.25, -0.2) is 4.98 Å². The van der Waals surface area contributed by atoms with E-state index in [0.717, 1.165) is 67.3 Å². The Morgan fingerprint density at radius 1 is 0.754 bits per heavy atom. The molecule has 5 aromatic carbocycles. The Morgan fingerprint density at radius 2 is 1.51 bits per heavy atom. The van der Waals surface area contributed by atoms with Gasteiger partial charge < -0.3 is 14.0 Å². The maximum Gasteiger partial charge on any atom is 0.216 e. The van der Waals surface area contributed by atoms with E-state index in [0.29, 0.717) is 11.6 Å². The fraction of sp³-hybridized carbons (Fsp3) is 0.293. The van der Waals surface area contributed by atoms with E-state index >= 15 is 0 Å². The van der Waals surface area contributed by atoms with Crippen LogP contribution in [-0.4, -0.2) is 27.6 Å². The number of benzene rings is 5. The van der Waals surface area contributed by atoms with Crippen LogP contribution in [0.15, 0.2) is 138 Å². The molecule has 0 bridgehead atoms. The second-order valence-electron chi connectivity index (χ2n) is 20.0. The summed E-state index contributed by atoms with van der Waals surface area (Å²) in [6.45, 7) is 18.4. The van der Waals surface area contributed by atoms with Crippen LogP contribution in [0.25, 0.3) is 72.6 Å². The zero-order valence-electron chi connectivity index (χ0n) is 39.1. The Balaban J connectivity index is 0.000000204. The van der Waals surface area contributed by atoms with Crippen molar-refractivity contribution in [3.63, 3.8) is 0 Å². The second-order valence-corrected chi connectivity index (χ2v) is 25.1. The van der Waals surface area contributed by atoms with E-state index in [1.54, 1.807) is 10.8 Å². The van der Waals surface area contributed by atoms with Gasteiger partial charge in [0.15, 0.2) is 0 Å². The molecule has 0 amide bonds. The Hall–Kier alpha value is -5.46. The number of para-hydroxylation sites is 2. The molecule has 9 aromatic rings. The van der Waals surface area contributed by atoms with Crippen LogP contribution < -0.4 is 5.19 Å². The molecule has 333 valence electrons. The average Bonchev–Trinajstić information content (AvgIpc) is 3.87. The van der Waals surface area contributed by atoms with Gasteiger partial charge in [0, 0.05) is 43.1 Å². The predicted octanol–water partition coefficient (Wildman–Crippen LogP) is 15.1. The molecule has 1 aliphatic rings. The minimum atomic E-state index is -1.36. The van der Waals surface area contributed by atoms with Crippen molar-refractivity contribution < 1.29 is 24.5 Å². The van der Waals surface area contributed by atoms with E-state index in [1.165, 1.54) is 55.2 Å². The summed E-state index contributed by atoms with van der Waals surface area (Å²) in [7, 11) is -1.36. The van der Waals surface area contributed by atoms with E-state index in [2.05, 4.69) is 180 Å². The normalized spacial score (nSPS) is 13.6. The molecule has 0 atom stereocenters. The number of fused-ring (bicyclic) bond motifs is 4. The summed E-state index contributed by atoms with van der Waals surface area (Å²) in [5.74, 6) is 2.06. The monoisotopic (exact) mass is 1050 g/mol. The Labute approximate surface area is 400 Å². The fourth-order valence-corrected chi connectivity index (χ4v) is 11.0. The van der Waals surface area contributed by atoms with E-state index < -0.39 is 8.07 Å². The maximum absolute atomic E-state index is 6.16. The van der Waals surface area contributed by atoms with Crippen molar-refractivity contribution in [2.24, 2.45) is 5.92 Å². The van der Waals surface area contributed by atoms with E-state index in [-0.39, 0.29) is 25.5 Å². The summed E-state index contributed by atoms with van der Waals surface area (Å²) in [6, 6.07) is 51.3. The third kappa shape index (κ3) is 9.89. The zero-order chi connectivity index (χ0) is 44.6. The number of hydrogen-bond acceptors (Lipinski definition) is 4. The molecular weight excluding hydrogens is 989 g/mol. The number of nitrogens with zero attached hydrogens (tertiary/aromatic N) is 4. The summed E-state index contributed by atoms with van der Waals surface area (Å²) < 4.78 is 8.45. The predicted molar refractivity (Wildman–Crippen MR) is 270 cm³/mol. The van der Waals surface area contributed by atoms with E-state index in [4.69, 9.17) is 19.4 Å². The van der Waals surface area contributed by atoms with Crippen molar-refractivity contribution >= 4 is 46.4 Å². The Kier molecular flexibility index (Phi) is 13.6. The van der Waals surface area contributed by atoms with Crippen LogP contribution >= 0.6 is 0 Å². The van der Waals surface area contributed by atoms with Crippen molar-refractivity contribution in [1.82, 2.24) is 19.5 Å². The van der Waals surface area contributed by atoms with Crippen LogP contribution in [0.4, 0.5) is 0 Å². The van der Waals surface area contributed by atoms with Gasteiger partial charge in [-0.15, -0.1) is 59.7 Å². The molecule has 5 nitrogen and oxygen atoms in total. The SMILES string of the molecule is CC(C)c1ccc2c(n1)oc1c[c-]c(-c3nc4ccccc4n3-c3ccc(-c4ccccc4)cc3C(C)(C)C)cc12.C[Si](C)(C)c1cnc(-c2[c-]cccc2)cc1CC1CCCCC1.[Ir]. The Morgan fingerprint density at radius 3 is 2.23 bits per heavy atom. The van der Waals surface area contributed by atoms with Crippen molar-refractivity contribution in [2.45, 2.75) is 104 Å². The number of furan rings is 1. The van der Waals surface area contributed by atoms with Gasteiger partial charge in [-0.2, -0.15) is 0 Å². The molecule has 0 aliphatic heterocycles. The molecule has 0 saturated heterocycles. The van der Waals surface area contributed by atoms with Crippen LogP contribution in [0.1, 0.15) is 89.5 Å². The van der Waals surface area contributed by atoms with Gasteiger partial charge in [-0.3, -0.25) is 4.98 Å². The van der Waals surface area contributed by atoms with Gasteiger partial charge in [0.1, 0.15) is 0 Å². The van der Waals surface area contributed by atoms with Crippen LogP contribution in [0.3, 0.4) is 0 Å². The quantitative estimate of drug-likeness (QED) is 0.112. The first-order valence-electron chi connectivity index (χ1n) is 23.2. The van der Waals surface area contributed by atoms with Crippen molar-refractivity contribution in [3.8, 4) is 39.5 Å². The second kappa shape index (κ2) is 19.2. The minimum Gasteiger partial charge on any atom is -0.486 e. The standard InChI is InChI=1S/C37H32N3O.C21H28NSi.Ir/c1-23(2)30-18-17-27-28-21-26(16-20-34(28)41-36(27)39-30)35-38-31-13-9-10-14-33(31)40(35)32-19-15-25(22-29(32)37(3,4)5)24-11-7-6-8-12-24;1-23(2,3)21-16-22-20(18-12-8-5-9-13-18)15-19(21)14-17-10-6-4-7-11-17;/h6-15,17-23H,1-5H3;5,8-9,12,15-17H,4,6-7,10-11,14H2,1-3H3;/q2*-1;. The molecule has 7 heteroatoms. The topological polar surface area (TPSA) is 56.7 Å².